The summed E-state index contributed by atoms with van der Waals surface area (Å²) < 4.78 is 0. The molecule has 5 rings (SSSR count). The van der Waals surface area contributed by atoms with Gasteiger partial charge in [-0.05, 0) is 80.2 Å². The molecule has 0 heterocycles. The SMILES string of the molecule is CN(Cc1ccc2cc(-c3cc4ccccc4cc3CN)ccc2c1)c1ccccc1N. The van der Waals surface area contributed by atoms with Gasteiger partial charge in [-0.15, -0.1) is 0 Å². The molecule has 0 spiro atoms. The van der Waals surface area contributed by atoms with Crippen molar-refractivity contribution in [2.24, 2.45) is 5.73 Å². The van der Waals surface area contributed by atoms with Crippen molar-refractivity contribution in [1.29, 1.82) is 0 Å². The Bertz CT molecular complexity index is 1420. The number of hydrogen-bond donors (Lipinski definition) is 2. The Labute approximate surface area is 188 Å². The van der Waals surface area contributed by atoms with Crippen molar-refractivity contribution in [1.82, 2.24) is 0 Å². The van der Waals surface area contributed by atoms with Gasteiger partial charge in [-0.25, -0.2) is 0 Å². The molecule has 0 radical (unpaired) electrons. The summed E-state index contributed by atoms with van der Waals surface area (Å²) in [5.74, 6) is 0. The van der Waals surface area contributed by atoms with E-state index in [1.807, 2.05) is 18.2 Å². The maximum absolute atomic E-state index is 6.15. The molecule has 0 saturated heterocycles. The number of fused-ring (bicyclic) bond motifs is 2. The molecule has 0 atom stereocenters. The predicted molar refractivity (Wildman–Crippen MR) is 138 cm³/mol. The first-order valence-electron chi connectivity index (χ1n) is 10.9. The first-order valence-corrected chi connectivity index (χ1v) is 10.9. The zero-order valence-electron chi connectivity index (χ0n) is 18.3. The first-order chi connectivity index (χ1) is 15.6. The molecule has 5 aromatic rings. The third-order valence-electron chi connectivity index (χ3n) is 6.17. The highest BCUT2D eigenvalue weighted by Gasteiger charge is 2.09. The van der Waals surface area contributed by atoms with Gasteiger partial charge in [0.15, 0.2) is 0 Å². The lowest BCUT2D eigenvalue weighted by atomic mass is 9.93. The normalized spacial score (nSPS) is 11.2. The van der Waals surface area contributed by atoms with Crippen molar-refractivity contribution in [3.63, 3.8) is 0 Å². The molecule has 158 valence electrons. The van der Waals surface area contributed by atoms with Crippen LogP contribution in [0.5, 0.6) is 0 Å². The van der Waals surface area contributed by atoms with Gasteiger partial charge in [0, 0.05) is 20.1 Å². The molecule has 0 amide bonds. The standard InChI is InChI=1S/C29H27N3/c1-32(29-9-5-4-8-28(29)31)19-20-10-11-24-15-25(13-12-23(24)14-20)27-17-22-7-3-2-6-21(22)16-26(27)18-30/h2-17H,18-19,30-31H2,1H3. The summed E-state index contributed by atoms with van der Waals surface area (Å²) in [5, 5.41) is 4.92. The Morgan fingerprint density at radius 1 is 0.688 bits per heavy atom. The molecule has 0 saturated carbocycles. The van der Waals surface area contributed by atoms with Crippen LogP contribution in [0, 0.1) is 0 Å². The molecule has 0 aliphatic heterocycles. The third-order valence-corrected chi connectivity index (χ3v) is 6.17. The summed E-state index contributed by atoms with van der Waals surface area (Å²) in [6.45, 7) is 1.32. The summed E-state index contributed by atoms with van der Waals surface area (Å²) in [6.07, 6.45) is 0. The Kier molecular flexibility index (Phi) is 5.26. The van der Waals surface area contributed by atoms with Crippen LogP contribution in [0.4, 0.5) is 11.4 Å². The summed E-state index contributed by atoms with van der Waals surface area (Å²) in [6, 6.07) is 34.2. The van der Waals surface area contributed by atoms with E-state index in [4.69, 9.17) is 11.5 Å². The molecule has 0 aliphatic carbocycles. The molecule has 0 unspecified atom stereocenters. The topological polar surface area (TPSA) is 55.3 Å². The van der Waals surface area contributed by atoms with E-state index in [-0.39, 0.29) is 0 Å². The van der Waals surface area contributed by atoms with Crippen molar-refractivity contribution >= 4 is 32.9 Å². The number of nitrogens with two attached hydrogens (primary N) is 2. The Hall–Kier alpha value is -3.82. The third kappa shape index (κ3) is 3.79. The van der Waals surface area contributed by atoms with E-state index in [1.54, 1.807) is 0 Å². The number of benzene rings is 5. The highest BCUT2D eigenvalue weighted by molar-refractivity contribution is 5.93. The van der Waals surface area contributed by atoms with Gasteiger partial charge in [0.05, 0.1) is 11.4 Å². The average molecular weight is 418 g/mol. The van der Waals surface area contributed by atoms with E-state index in [0.29, 0.717) is 6.54 Å². The molecule has 0 fully saturated rings. The number of nitrogens with zero attached hydrogens (tertiary/aromatic N) is 1. The Morgan fingerprint density at radius 3 is 2.12 bits per heavy atom. The minimum absolute atomic E-state index is 0.520. The second kappa shape index (κ2) is 8.37. The molecule has 32 heavy (non-hydrogen) atoms. The van der Waals surface area contributed by atoms with Crippen molar-refractivity contribution in [2.75, 3.05) is 17.7 Å². The van der Waals surface area contributed by atoms with E-state index in [9.17, 15) is 0 Å². The van der Waals surface area contributed by atoms with Crippen LogP contribution in [-0.4, -0.2) is 7.05 Å². The molecular weight excluding hydrogens is 390 g/mol. The van der Waals surface area contributed by atoms with Crippen LogP contribution in [-0.2, 0) is 13.1 Å². The zero-order chi connectivity index (χ0) is 22.1. The molecule has 4 N–H and O–H groups in total. The number of anilines is 2. The van der Waals surface area contributed by atoms with Crippen molar-refractivity contribution in [3.8, 4) is 11.1 Å². The van der Waals surface area contributed by atoms with Crippen LogP contribution in [0.15, 0.2) is 97.1 Å². The van der Waals surface area contributed by atoms with Crippen molar-refractivity contribution in [3.05, 3.63) is 108 Å². The van der Waals surface area contributed by atoms with Gasteiger partial charge in [-0.1, -0.05) is 60.7 Å². The molecule has 0 aromatic heterocycles. The smallest absolute Gasteiger partial charge is 0.0600 e. The monoisotopic (exact) mass is 417 g/mol. The zero-order valence-corrected chi connectivity index (χ0v) is 18.3. The Morgan fingerprint density at radius 2 is 1.34 bits per heavy atom. The minimum atomic E-state index is 0.520. The second-order valence-corrected chi connectivity index (χ2v) is 8.37. The van der Waals surface area contributed by atoms with E-state index < -0.39 is 0 Å². The van der Waals surface area contributed by atoms with Gasteiger partial charge in [0.25, 0.3) is 0 Å². The average Bonchev–Trinajstić information content (AvgIpc) is 2.83. The van der Waals surface area contributed by atoms with Gasteiger partial charge in [-0.2, -0.15) is 0 Å². The summed E-state index contributed by atoms with van der Waals surface area (Å²) >= 11 is 0. The summed E-state index contributed by atoms with van der Waals surface area (Å²) in [5.41, 5.74) is 18.9. The van der Waals surface area contributed by atoms with Crippen molar-refractivity contribution in [2.45, 2.75) is 13.1 Å². The maximum Gasteiger partial charge on any atom is 0.0600 e. The predicted octanol–water partition coefficient (Wildman–Crippen LogP) is 6.34. The van der Waals surface area contributed by atoms with Crippen LogP contribution >= 0.6 is 0 Å². The maximum atomic E-state index is 6.15. The molecule has 3 heteroatoms. The molecule has 5 aromatic carbocycles. The van der Waals surface area contributed by atoms with Gasteiger partial charge >= 0.3 is 0 Å². The quantitative estimate of drug-likeness (QED) is 0.328. The van der Waals surface area contributed by atoms with Crippen LogP contribution in [0.25, 0.3) is 32.7 Å². The molecule has 0 bridgehead atoms. The van der Waals surface area contributed by atoms with E-state index in [1.165, 1.54) is 43.8 Å². The lowest BCUT2D eigenvalue weighted by molar-refractivity contribution is 0.926. The van der Waals surface area contributed by atoms with E-state index in [2.05, 4.69) is 90.8 Å². The van der Waals surface area contributed by atoms with Crippen molar-refractivity contribution < 1.29 is 0 Å². The minimum Gasteiger partial charge on any atom is -0.397 e. The lowest BCUT2D eigenvalue weighted by Crippen LogP contribution is -2.17. The summed E-state index contributed by atoms with van der Waals surface area (Å²) in [4.78, 5) is 2.19. The molecule has 3 nitrogen and oxygen atoms in total. The first kappa shape index (κ1) is 20.1. The Balaban J connectivity index is 1.48. The van der Waals surface area contributed by atoms with Gasteiger partial charge < -0.3 is 16.4 Å². The highest BCUT2D eigenvalue weighted by Crippen LogP contribution is 2.31. The number of nitrogen functional groups attached to an aromatic ring is 1. The molecular formula is C29H27N3. The fourth-order valence-corrected chi connectivity index (χ4v) is 4.48. The number of rotatable bonds is 5. The number of para-hydroxylation sites is 2. The van der Waals surface area contributed by atoms with Gasteiger partial charge in [-0.3, -0.25) is 0 Å². The van der Waals surface area contributed by atoms with Gasteiger partial charge in [0.2, 0.25) is 0 Å². The number of hydrogen-bond acceptors (Lipinski definition) is 3. The lowest BCUT2D eigenvalue weighted by Gasteiger charge is -2.21. The van der Waals surface area contributed by atoms with Gasteiger partial charge in [0.1, 0.15) is 0 Å². The van der Waals surface area contributed by atoms with E-state index >= 15 is 0 Å². The second-order valence-electron chi connectivity index (χ2n) is 8.37. The van der Waals surface area contributed by atoms with Crippen LogP contribution in [0.2, 0.25) is 0 Å². The largest absolute Gasteiger partial charge is 0.397 e. The molecule has 0 aliphatic rings. The van der Waals surface area contributed by atoms with Crippen LogP contribution in [0.3, 0.4) is 0 Å². The van der Waals surface area contributed by atoms with E-state index in [0.717, 1.165) is 17.9 Å². The summed E-state index contributed by atoms with van der Waals surface area (Å²) in [7, 11) is 2.08. The fraction of sp³-hybridized carbons (Fsp3) is 0.103. The van der Waals surface area contributed by atoms with Crippen LogP contribution in [0.1, 0.15) is 11.1 Å². The fourth-order valence-electron chi connectivity index (χ4n) is 4.48. The van der Waals surface area contributed by atoms with Crippen LogP contribution < -0.4 is 16.4 Å². The highest BCUT2D eigenvalue weighted by atomic mass is 15.1.